The van der Waals surface area contributed by atoms with Crippen LogP contribution in [0, 0.1) is 5.82 Å². The predicted octanol–water partition coefficient (Wildman–Crippen LogP) is 4.11. The molecule has 5 heteroatoms. The Kier molecular flexibility index (Phi) is 5.57. The van der Waals surface area contributed by atoms with Gasteiger partial charge in [0.2, 0.25) is 11.8 Å². The summed E-state index contributed by atoms with van der Waals surface area (Å²) in [6.07, 6.45) is 0. The number of anilines is 2. The summed E-state index contributed by atoms with van der Waals surface area (Å²) >= 11 is 0. The van der Waals surface area contributed by atoms with Crippen LogP contribution in [0.2, 0.25) is 0 Å². The number of halogens is 1. The Hall–Kier alpha value is -2.69. The molecule has 132 valence electrons. The number of hydrogen-bond acceptors (Lipinski definition) is 2. The second-order valence-electron chi connectivity index (χ2n) is 6.96. The largest absolute Gasteiger partial charge is 0.324 e. The maximum absolute atomic E-state index is 13.2. The van der Waals surface area contributed by atoms with Crippen molar-refractivity contribution in [2.75, 3.05) is 16.8 Å². The van der Waals surface area contributed by atoms with Crippen LogP contribution >= 0.6 is 0 Å². The SMILES string of the molecule is CC(=O)N(CC(=O)Nc1cccc(F)c1)c1ccc(C(C)(C)C)cc1. The van der Waals surface area contributed by atoms with E-state index in [1.54, 1.807) is 6.07 Å². The fraction of sp³-hybridized carbons (Fsp3) is 0.300. The summed E-state index contributed by atoms with van der Waals surface area (Å²) in [7, 11) is 0. The molecule has 0 saturated heterocycles. The fourth-order valence-corrected chi connectivity index (χ4v) is 2.44. The lowest BCUT2D eigenvalue weighted by Crippen LogP contribution is -2.36. The quantitative estimate of drug-likeness (QED) is 0.909. The number of nitrogens with zero attached hydrogens (tertiary/aromatic N) is 1. The highest BCUT2D eigenvalue weighted by Gasteiger charge is 2.18. The maximum atomic E-state index is 13.2. The number of benzene rings is 2. The van der Waals surface area contributed by atoms with Gasteiger partial charge in [0.15, 0.2) is 0 Å². The van der Waals surface area contributed by atoms with E-state index in [2.05, 4.69) is 26.1 Å². The first-order chi connectivity index (χ1) is 11.7. The Morgan fingerprint density at radius 2 is 1.72 bits per heavy atom. The fourth-order valence-electron chi connectivity index (χ4n) is 2.44. The third-order valence-electron chi connectivity index (χ3n) is 3.84. The monoisotopic (exact) mass is 342 g/mol. The van der Waals surface area contributed by atoms with Crippen LogP contribution in [-0.4, -0.2) is 18.4 Å². The Balaban J connectivity index is 2.13. The molecule has 0 unspecified atom stereocenters. The zero-order valence-electron chi connectivity index (χ0n) is 15.0. The zero-order chi connectivity index (χ0) is 18.6. The standard InChI is InChI=1S/C20H23FN2O2/c1-14(24)23(18-10-8-15(9-11-18)20(2,3)4)13-19(25)22-17-7-5-6-16(21)12-17/h5-12H,13H2,1-4H3,(H,22,25). The Morgan fingerprint density at radius 1 is 1.08 bits per heavy atom. The van der Waals surface area contributed by atoms with Crippen molar-refractivity contribution in [2.24, 2.45) is 0 Å². The smallest absolute Gasteiger partial charge is 0.244 e. The van der Waals surface area contributed by atoms with Crippen LogP contribution in [0.15, 0.2) is 48.5 Å². The molecule has 1 N–H and O–H groups in total. The van der Waals surface area contributed by atoms with E-state index >= 15 is 0 Å². The van der Waals surface area contributed by atoms with Crippen molar-refractivity contribution in [1.82, 2.24) is 0 Å². The molecule has 0 radical (unpaired) electrons. The summed E-state index contributed by atoms with van der Waals surface area (Å²) < 4.78 is 13.2. The van der Waals surface area contributed by atoms with E-state index in [4.69, 9.17) is 0 Å². The summed E-state index contributed by atoms with van der Waals surface area (Å²) in [6, 6.07) is 13.2. The average molecular weight is 342 g/mol. The van der Waals surface area contributed by atoms with E-state index < -0.39 is 5.82 Å². The summed E-state index contributed by atoms with van der Waals surface area (Å²) in [4.78, 5) is 25.6. The lowest BCUT2D eigenvalue weighted by molar-refractivity contribution is -0.120. The molecule has 0 bridgehead atoms. The molecule has 0 atom stereocenters. The molecule has 0 aliphatic rings. The normalized spacial score (nSPS) is 11.1. The summed E-state index contributed by atoms with van der Waals surface area (Å²) in [6.45, 7) is 7.60. The molecule has 2 aromatic rings. The number of carbonyl (C=O) groups excluding carboxylic acids is 2. The van der Waals surface area contributed by atoms with Crippen molar-refractivity contribution >= 4 is 23.2 Å². The van der Waals surface area contributed by atoms with Gasteiger partial charge in [0, 0.05) is 18.3 Å². The van der Waals surface area contributed by atoms with E-state index in [0.29, 0.717) is 11.4 Å². The van der Waals surface area contributed by atoms with Gasteiger partial charge in [0.05, 0.1) is 0 Å². The third kappa shape index (κ3) is 5.14. The number of carbonyl (C=O) groups is 2. The van der Waals surface area contributed by atoms with Crippen molar-refractivity contribution in [3.8, 4) is 0 Å². The van der Waals surface area contributed by atoms with Gasteiger partial charge >= 0.3 is 0 Å². The molecule has 0 aromatic heterocycles. The number of nitrogens with one attached hydrogen (secondary N) is 1. The first-order valence-electron chi connectivity index (χ1n) is 8.11. The van der Waals surface area contributed by atoms with Gasteiger partial charge in [-0.25, -0.2) is 4.39 Å². The van der Waals surface area contributed by atoms with Gasteiger partial charge in [-0.3, -0.25) is 9.59 Å². The van der Waals surface area contributed by atoms with E-state index in [9.17, 15) is 14.0 Å². The number of amides is 2. The molecule has 4 nitrogen and oxygen atoms in total. The first-order valence-corrected chi connectivity index (χ1v) is 8.11. The van der Waals surface area contributed by atoms with Crippen molar-refractivity contribution in [3.63, 3.8) is 0 Å². The van der Waals surface area contributed by atoms with Gasteiger partial charge in [-0.05, 0) is 41.3 Å². The third-order valence-corrected chi connectivity index (χ3v) is 3.84. The number of rotatable bonds is 4. The van der Waals surface area contributed by atoms with Crippen molar-refractivity contribution in [2.45, 2.75) is 33.1 Å². The van der Waals surface area contributed by atoms with Crippen molar-refractivity contribution < 1.29 is 14.0 Å². The van der Waals surface area contributed by atoms with E-state index in [1.165, 1.54) is 30.0 Å². The Morgan fingerprint density at radius 3 is 2.24 bits per heavy atom. The van der Waals surface area contributed by atoms with Crippen LogP contribution in [0.1, 0.15) is 33.3 Å². The molecule has 2 amide bonds. The minimum absolute atomic E-state index is 0.00827. The minimum atomic E-state index is -0.431. The zero-order valence-corrected chi connectivity index (χ0v) is 15.0. The lowest BCUT2D eigenvalue weighted by atomic mass is 9.87. The van der Waals surface area contributed by atoms with Crippen LogP contribution in [0.25, 0.3) is 0 Å². The molecule has 25 heavy (non-hydrogen) atoms. The molecular weight excluding hydrogens is 319 g/mol. The molecule has 2 aromatic carbocycles. The van der Waals surface area contributed by atoms with Gasteiger partial charge in [0.1, 0.15) is 12.4 Å². The van der Waals surface area contributed by atoms with Gasteiger partial charge in [-0.15, -0.1) is 0 Å². The van der Waals surface area contributed by atoms with Crippen LogP contribution in [0.4, 0.5) is 15.8 Å². The highest BCUT2D eigenvalue weighted by Crippen LogP contribution is 2.25. The van der Waals surface area contributed by atoms with Gasteiger partial charge < -0.3 is 10.2 Å². The van der Waals surface area contributed by atoms with Crippen LogP contribution in [-0.2, 0) is 15.0 Å². The molecule has 0 heterocycles. The van der Waals surface area contributed by atoms with Crippen molar-refractivity contribution in [1.29, 1.82) is 0 Å². The predicted molar refractivity (Wildman–Crippen MR) is 98.2 cm³/mol. The van der Waals surface area contributed by atoms with Crippen LogP contribution in [0.5, 0.6) is 0 Å². The highest BCUT2D eigenvalue weighted by atomic mass is 19.1. The number of hydrogen-bond donors (Lipinski definition) is 1. The molecule has 0 spiro atoms. The van der Waals surface area contributed by atoms with Gasteiger partial charge in [-0.2, -0.15) is 0 Å². The van der Waals surface area contributed by atoms with E-state index in [-0.39, 0.29) is 23.8 Å². The molecule has 0 fully saturated rings. The summed E-state index contributed by atoms with van der Waals surface area (Å²) in [5.41, 5.74) is 2.16. The minimum Gasteiger partial charge on any atom is -0.324 e. The first kappa shape index (κ1) is 18.6. The second kappa shape index (κ2) is 7.47. The molecular formula is C20H23FN2O2. The second-order valence-corrected chi connectivity index (χ2v) is 6.96. The maximum Gasteiger partial charge on any atom is 0.244 e. The van der Waals surface area contributed by atoms with E-state index in [1.807, 2.05) is 24.3 Å². The molecule has 0 saturated carbocycles. The molecule has 0 aliphatic carbocycles. The topological polar surface area (TPSA) is 49.4 Å². The average Bonchev–Trinajstić information content (AvgIpc) is 2.51. The Bertz CT molecular complexity index is 764. The van der Waals surface area contributed by atoms with Gasteiger partial charge in [0.25, 0.3) is 0 Å². The highest BCUT2D eigenvalue weighted by molar-refractivity contribution is 6.01. The lowest BCUT2D eigenvalue weighted by Gasteiger charge is -2.23. The van der Waals surface area contributed by atoms with Crippen molar-refractivity contribution in [3.05, 3.63) is 59.9 Å². The van der Waals surface area contributed by atoms with E-state index in [0.717, 1.165) is 5.56 Å². The summed E-state index contributed by atoms with van der Waals surface area (Å²) in [5, 5.41) is 2.60. The van der Waals surface area contributed by atoms with Gasteiger partial charge in [-0.1, -0.05) is 39.0 Å². The van der Waals surface area contributed by atoms with Crippen LogP contribution in [0.3, 0.4) is 0 Å². The Labute approximate surface area is 147 Å². The van der Waals surface area contributed by atoms with Crippen LogP contribution < -0.4 is 10.2 Å². The summed E-state index contributed by atoms with van der Waals surface area (Å²) in [5.74, 6) is -1.06. The molecule has 2 rings (SSSR count). The molecule has 0 aliphatic heterocycles.